The van der Waals surface area contributed by atoms with E-state index in [0.29, 0.717) is 24.5 Å². The van der Waals surface area contributed by atoms with Crippen molar-refractivity contribution in [2.24, 2.45) is 0 Å². The summed E-state index contributed by atoms with van der Waals surface area (Å²) >= 11 is 0. The predicted octanol–water partition coefficient (Wildman–Crippen LogP) is 4.35. The highest BCUT2D eigenvalue weighted by Crippen LogP contribution is 2.40. The number of nitrogens with zero attached hydrogens (tertiary/aromatic N) is 2. The molecule has 1 aliphatic heterocycles. The molecule has 1 fully saturated rings. The number of benzene rings is 1. The Bertz CT molecular complexity index is 617. The van der Waals surface area contributed by atoms with E-state index in [1.807, 2.05) is 44.2 Å². The van der Waals surface area contributed by atoms with E-state index >= 15 is 0 Å². The monoisotopic (exact) mass is 334 g/mol. The molecule has 2 aromatic rings. The third kappa shape index (κ3) is 4.29. The fraction of sp³-hybridized carbons (Fsp3) is 0.421. The van der Waals surface area contributed by atoms with Crippen LogP contribution in [0.3, 0.4) is 0 Å². The Morgan fingerprint density at radius 1 is 1.17 bits per heavy atom. The lowest BCUT2D eigenvalue weighted by Crippen LogP contribution is -2.26. The van der Waals surface area contributed by atoms with Crippen LogP contribution < -0.4 is 4.74 Å². The third-order valence-electron chi connectivity index (χ3n) is 4.00. The van der Waals surface area contributed by atoms with Gasteiger partial charge in [0.1, 0.15) is 0 Å². The average Bonchev–Trinajstić information content (AvgIpc) is 2.91. The topological polar surface area (TPSA) is 25.4 Å². The molecule has 0 N–H and O–H groups in total. The molecular formula is C19H24F2N2O. The van der Waals surface area contributed by atoms with Gasteiger partial charge in [0.2, 0.25) is 5.88 Å². The SMILES string of the molecule is CC.COc1ccc(C2CN(Cc3ccccc3)CC2(F)F)cn1. The molecule has 0 bridgehead atoms. The first kappa shape index (κ1) is 18.3. The first-order valence-electron chi connectivity index (χ1n) is 8.22. The van der Waals surface area contributed by atoms with Gasteiger partial charge >= 0.3 is 0 Å². The Hall–Kier alpha value is -2.01. The van der Waals surface area contributed by atoms with Crippen LogP contribution in [0.25, 0.3) is 0 Å². The van der Waals surface area contributed by atoms with Crippen LogP contribution in [0.15, 0.2) is 48.7 Å². The number of pyridine rings is 1. The summed E-state index contributed by atoms with van der Waals surface area (Å²) < 4.78 is 33.6. The van der Waals surface area contributed by atoms with Gasteiger partial charge in [-0.2, -0.15) is 0 Å². The second-order valence-corrected chi connectivity index (χ2v) is 5.60. The molecule has 1 atom stereocenters. The molecular weight excluding hydrogens is 310 g/mol. The second kappa shape index (κ2) is 8.20. The maximum Gasteiger partial charge on any atom is 0.268 e. The van der Waals surface area contributed by atoms with Crippen LogP contribution in [-0.4, -0.2) is 36.0 Å². The number of methoxy groups -OCH3 is 1. The largest absolute Gasteiger partial charge is 0.481 e. The molecule has 0 radical (unpaired) electrons. The van der Waals surface area contributed by atoms with E-state index < -0.39 is 11.8 Å². The molecule has 1 unspecified atom stereocenters. The van der Waals surface area contributed by atoms with Crippen molar-refractivity contribution < 1.29 is 13.5 Å². The summed E-state index contributed by atoms with van der Waals surface area (Å²) in [6.07, 6.45) is 1.49. The van der Waals surface area contributed by atoms with Crippen LogP contribution in [0.5, 0.6) is 5.88 Å². The van der Waals surface area contributed by atoms with Gasteiger partial charge in [-0.1, -0.05) is 50.2 Å². The molecule has 1 aliphatic rings. The minimum absolute atomic E-state index is 0.224. The van der Waals surface area contributed by atoms with Crippen molar-refractivity contribution in [2.45, 2.75) is 32.2 Å². The van der Waals surface area contributed by atoms with Gasteiger partial charge in [0.25, 0.3) is 5.92 Å². The van der Waals surface area contributed by atoms with Gasteiger partial charge in [-0.05, 0) is 11.1 Å². The number of rotatable bonds is 4. The van der Waals surface area contributed by atoms with Gasteiger partial charge in [0, 0.05) is 25.4 Å². The fourth-order valence-electron chi connectivity index (χ4n) is 2.89. The lowest BCUT2D eigenvalue weighted by molar-refractivity contribution is -0.00354. The van der Waals surface area contributed by atoms with E-state index in [-0.39, 0.29) is 6.54 Å². The maximum atomic E-state index is 14.3. The Labute approximate surface area is 142 Å². The summed E-state index contributed by atoms with van der Waals surface area (Å²) in [5.74, 6) is -3.13. The van der Waals surface area contributed by atoms with Crippen molar-refractivity contribution in [1.29, 1.82) is 0 Å². The van der Waals surface area contributed by atoms with Crippen LogP contribution in [0.4, 0.5) is 8.78 Å². The number of ether oxygens (including phenoxy) is 1. The summed E-state index contributed by atoms with van der Waals surface area (Å²) in [5.41, 5.74) is 1.60. The van der Waals surface area contributed by atoms with Gasteiger partial charge < -0.3 is 4.74 Å². The van der Waals surface area contributed by atoms with Crippen LogP contribution in [0, 0.1) is 0 Å². The van der Waals surface area contributed by atoms with E-state index in [0.717, 1.165) is 5.56 Å². The highest BCUT2D eigenvalue weighted by atomic mass is 19.3. The third-order valence-corrected chi connectivity index (χ3v) is 4.00. The van der Waals surface area contributed by atoms with E-state index in [2.05, 4.69) is 4.98 Å². The van der Waals surface area contributed by atoms with Crippen molar-refractivity contribution in [1.82, 2.24) is 9.88 Å². The predicted molar refractivity (Wildman–Crippen MR) is 91.5 cm³/mol. The normalized spacial score (nSPS) is 19.5. The number of halogens is 2. The van der Waals surface area contributed by atoms with E-state index in [4.69, 9.17) is 4.74 Å². The van der Waals surface area contributed by atoms with Crippen LogP contribution in [0.2, 0.25) is 0 Å². The minimum Gasteiger partial charge on any atom is -0.481 e. The minimum atomic E-state index is -2.74. The van der Waals surface area contributed by atoms with Gasteiger partial charge in [-0.15, -0.1) is 0 Å². The number of alkyl halides is 2. The number of likely N-dealkylation sites (tertiary alicyclic amines) is 1. The van der Waals surface area contributed by atoms with E-state index in [1.54, 1.807) is 17.0 Å². The second-order valence-electron chi connectivity index (χ2n) is 5.60. The van der Waals surface area contributed by atoms with Crippen LogP contribution in [0.1, 0.15) is 30.9 Å². The van der Waals surface area contributed by atoms with Gasteiger partial charge in [0.05, 0.1) is 19.6 Å². The summed E-state index contributed by atoms with van der Waals surface area (Å²) in [7, 11) is 1.51. The zero-order chi connectivity index (χ0) is 17.6. The molecule has 24 heavy (non-hydrogen) atoms. The fourth-order valence-corrected chi connectivity index (χ4v) is 2.89. The van der Waals surface area contributed by atoms with Crippen molar-refractivity contribution in [3.05, 3.63) is 59.8 Å². The number of aromatic nitrogens is 1. The van der Waals surface area contributed by atoms with Crippen molar-refractivity contribution in [2.75, 3.05) is 20.2 Å². The molecule has 0 amide bonds. The van der Waals surface area contributed by atoms with E-state index in [1.165, 1.54) is 13.3 Å². The molecule has 1 aromatic carbocycles. The first-order valence-corrected chi connectivity index (χ1v) is 8.22. The zero-order valence-electron chi connectivity index (χ0n) is 14.4. The highest BCUT2D eigenvalue weighted by molar-refractivity contribution is 5.26. The summed E-state index contributed by atoms with van der Waals surface area (Å²) in [5, 5.41) is 0. The average molecular weight is 334 g/mol. The Morgan fingerprint density at radius 3 is 2.46 bits per heavy atom. The van der Waals surface area contributed by atoms with Crippen LogP contribution >= 0.6 is 0 Å². The number of hydrogen-bond donors (Lipinski definition) is 0. The zero-order valence-corrected chi connectivity index (χ0v) is 14.4. The molecule has 130 valence electrons. The lowest BCUT2D eigenvalue weighted by Gasteiger charge is -2.17. The molecule has 3 rings (SSSR count). The summed E-state index contributed by atoms with van der Waals surface area (Å²) in [6, 6.07) is 13.0. The molecule has 0 saturated carbocycles. The van der Waals surface area contributed by atoms with E-state index in [9.17, 15) is 8.78 Å². The lowest BCUT2D eigenvalue weighted by atomic mass is 9.97. The first-order chi connectivity index (χ1) is 11.6. The molecule has 3 nitrogen and oxygen atoms in total. The molecule has 5 heteroatoms. The summed E-state index contributed by atoms with van der Waals surface area (Å²) in [6.45, 7) is 4.64. The quantitative estimate of drug-likeness (QED) is 0.831. The molecule has 2 heterocycles. The van der Waals surface area contributed by atoms with Crippen LogP contribution in [-0.2, 0) is 6.54 Å². The smallest absolute Gasteiger partial charge is 0.268 e. The van der Waals surface area contributed by atoms with Gasteiger partial charge in [0.15, 0.2) is 0 Å². The van der Waals surface area contributed by atoms with Crippen molar-refractivity contribution in [3.63, 3.8) is 0 Å². The van der Waals surface area contributed by atoms with Gasteiger partial charge in [-0.3, -0.25) is 4.90 Å². The molecule has 1 aromatic heterocycles. The Kier molecular flexibility index (Phi) is 6.26. The molecule has 1 saturated heterocycles. The maximum absolute atomic E-state index is 14.3. The number of hydrogen-bond acceptors (Lipinski definition) is 3. The Morgan fingerprint density at radius 2 is 1.88 bits per heavy atom. The van der Waals surface area contributed by atoms with Gasteiger partial charge in [-0.25, -0.2) is 13.8 Å². The molecule has 0 aliphatic carbocycles. The molecule has 0 spiro atoms. The highest BCUT2D eigenvalue weighted by Gasteiger charge is 2.48. The Balaban J connectivity index is 0.00000100. The van der Waals surface area contributed by atoms with Crippen molar-refractivity contribution >= 4 is 0 Å². The summed E-state index contributed by atoms with van der Waals surface area (Å²) in [4.78, 5) is 5.84. The standard InChI is InChI=1S/C17H18F2N2O.C2H6/c1-22-16-8-7-14(9-20-16)15-11-21(12-17(15,18)19)10-13-5-3-2-4-6-13;1-2/h2-9,15H,10-12H2,1H3;1-2H3. The van der Waals surface area contributed by atoms with Crippen molar-refractivity contribution in [3.8, 4) is 5.88 Å².